The predicted octanol–water partition coefficient (Wildman–Crippen LogP) is 1.09. The van der Waals surface area contributed by atoms with Crippen LogP contribution in [-0.2, 0) is 11.3 Å². The summed E-state index contributed by atoms with van der Waals surface area (Å²) < 4.78 is 5.18. The molecule has 1 rings (SSSR count). The predicted molar refractivity (Wildman–Crippen MR) is 58.3 cm³/mol. The Morgan fingerprint density at radius 1 is 1.67 bits per heavy atom. The zero-order chi connectivity index (χ0) is 11.3. The average molecular weight is 210 g/mol. The minimum atomic E-state index is -0.00466. The molecule has 0 aliphatic heterocycles. The van der Waals surface area contributed by atoms with Gasteiger partial charge in [-0.1, -0.05) is 6.92 Å². The van der Waals surface area contributed by atoms with Crippen LogP contribution in [0.4, 0.5) is 0 Å². The molecule has 0 bridgehead atoms. The van der Waals surface area contributed by atoms with Crippen LogP contribution in [0.2, 0.25) is 0 Å². The molecule has 0 fully saturated rings. The van der Waals surface area contributed by atoms with Crippen molar-refractivity contribution in [1.29, 1.82) is 0 Å². The average Bonchev–Trinajstić information content (AvgIpc) is 2.69. The summed E-state index contributed by atoms with van der Waals surface area (Å²) in [5, 5.41) is 2.99. The van der Waals surface area contributed by atoms with E-state index in [1.807, 2.05) is 26.1 Å². The van der Waals surface area contributed by atoms with Crippen molar-refractivity contribution in [2.24, 2.45) is 5.92 Å². The summed E-state index contributed by atoms with van der Waals surface area (Å²) >= 11 is 0. The van der Waals surface area contributed by atoms with Crippen LogP contribution in [0, 0.1) is 5.92 Å². The zero-order valence-electron chi connectivity index (χ0n) is 9.49. The van der Waals surface area contributed by atoms with Crippen LogP contribution < -0.4 is 5.32 Å². The van der Waals surface area contributed by atoms with E-state index in [1.165, 1.54) is 0 Å². The highest BCUT2D eigenvalue weighted by atomic mass is 16.3. The summed E-state index contributed by atoms with van der Waals surface area (Å²) in [4.78, 5) is 13.5. The number of hydrogen-bond donors (Lipinski definition) is 1. The van der Waals surface area contributed by atoms with Crippen LogP contribution in [0.15, 0.2) is 22.8 Å². The molecule has 1 amide bonds. The summed E-state index contributed by atoms with van der Waals surface area (Å²) in [6, 6.07) is 3.69. The van der Waals surface area contributed by atoms with E-state index in [0.29, 0.717) is 13.1 Å². The number of carbonyl (C=O) groups is 1. The molecule has 0 aliphatic rings. The molecule has 84 valence electrons. The molecule has 1 aromatic rings. The Morgan fingerprint density at radius 3 is 2.93 bits per heavy atom. The molecule has 0 aromatic carbocycles. The van der Waals surface area contributed by atoms with Gasteiger partial charge in [0.2, 0.25) is 5.91 Å². The van der Waals surface area contributed by atoms with Gasteiger partial charge >= 0.3 is 0 Å². The highest BCUT2D eigenvalue weighted by Crippen LogP contribution is 2.07. The molecule has 4 nitrogen and oxygen atoms in total. The fourth-order valence-electron chi connectivity index (χ4n) is 1.48. The summed E-state index contributed by atoms with van der Waals surface area (Å²) in [6.07, 6.45) is 1.62. The minimum absolute atomic E-state index is 0.00466. The maximum Gasteiger partial charge on any atom is 0.226 e. The van der Waals surface area contributed by atoms with Crippen molar-refractivity contribution in [3.8, 4) is 0 Å². The van der Waals surface area contributed by atoms with Gasteiger partial charge in [0.25, 0.3) is 0 Å². The molecule has 0 saturated carbocycles. The molecule has 1 aromatic heterocycles. The third kappa shape index (κ3) is 3.40. The van der Waals surface area contributed by atoms with Gasteiger partial charge in [-0.15, -0.1) is 0 Å². The molecule has 0 radical (unpaired) electrons. The highest BCUT2D eigenvalue weighted by Gasteiger charge is 2.17. The normalized spacial score (nSPS) is 12.5. The molecule has 1 unspecified atom stereocenters. The van der Waals surface area contributed by atoms with E-state index in [0.717, 1.165) is 5.76 Å². The molecule has 4 heteroatoms. The first-order valence-corrected chi connectivity index (χ1v) is 5.07. The first-order chi connectivity index (χ1) is 7.15. The van der Waals surface area contributed by atoms with Crippen LogP contribution in [0.1, 0.15) is 12.7 Å². The first-order valence-electron chi connectivity index (χ1n) is 5.07. The van der Waals surface area contributed by atoms with Crippen molar-refractivity contribution in [1.82, 2.24) is 10.2 Å². The van der Waals surface area contributed by atoms with Gasteiger partial charge in [-0.3, -0.25) is 4.79 Å². The number of hydrogen-bond acceptors (Lipinski definition) is 3. The standard InChI is InChI=1S/C11H18N2O2/c1-9(7-12-2)11(14)13(3)8-10-5-4-6-15-10/h4-6,9,12H,7-8H2,1-3H3. The van der Waals surface area contributed by atoms with E-state index >= 15 is 0 Å². The second-order valence-corrected chi connectivity index (χ2v) is 3.73. The van der Waals surface area contributed by atoms with Crippen LogP contribution in [0.5, 0.6) is 0 Å². The van der Waals surface area contributed by atoms with E-state index in [4.69, 9.17) is 4.42 Å². The Morgan fingerprint density at radius 2 is 2.40 bits per heavy atom. The second-order valence-electron chi connectivity index (χ2n) is 3.73. The fourth-order valence-corrected chi connectivity index (χ4v) is 1.48. The number of rotatable bonds is 5. The monoisotopic (exact) mass is 210 g/mol. The lowest BCUT2D eigenvalue weighted by molar-refractivity contribution is -0.134. The molecule has 0 saturated heterocycles. The topological polar surface area (TPSA) is 45.5 Å². The molecular weight excluding hydrogens is 192 g/mol. The van der Waals surface area contributed by atoms with E-state index < -0.39 is 0 Å². The van der Waals surface area contributed by atoms with Gasteiger partial charge in [-0.2, -0.15) is 0 Å². The first kappa shape index (κ1) is 11.8. The zero-order valence-corrected chi connectivity index (χ0v) is 9.49. The van der Waals surface area contributed by atoms with Gasteiger partial charge in [0.15, 0.2) is 0 Å². The molecule has 15 heavy (non-hydrogen) atoms. The van der Waals surface area contributed by atoms with Gasteiger partial charge in [0.05, 0.1) is 12.8 Å². The molecule has 0 aliphatic carbocycles. The number of nitrogens with zero attached hydrogens (tertiary/aromatic N) is 1. The van der Waals surface area contributed by atoms with Crippen molar-refractivity contribution < 1.29 is 9.21 Å². The summed E-state index contributed by atoms with van der Waals surface area (Å²) in [6.45, 7) is 3.14. The molecule has 1 atom stereocenters. The Bertz CT molecular complexity index is 296. The molecule has 1 N–H and O–H groups in total. The van der Waals surface area contributed by atoms with E-state index in [9.17, 15) is 4.79 Å². The second kappa shape index (κ2) is 5.56. The van der Waals surface area contributed by atoms with Crippen LogP contribution in [0.25, 0.3) is 0 Å². The van der Waals surface area contributed by atoms with Crippen LogP contribution in [0.3, 0.4) is 0 Å². The Kier molecular flexibility index (Phi) is 4.37. The maximum atomic E-state index is 11.8. The third-order valence-electron chi connectivity index (χ3n) is 2.28. The Labute approximate surface area is 90.3 Å². The van der Waals surface area contributed by atoms with Gasteiger partial charge in [0, 0.05) is 19.5 Å². The van der Waals surface area contributed by atoms with Gasteiger partial charge in [-0.05, 0) is 19.2 Å². The van der Waals surface area contributed by atoms with Crippen molar-refractivity contribution in [3.63, 3.8) is 0 Å². The quantitative estimate of drug-likeness (QED) is 0.791. The number of carbonyl (C=O) groups excluding carboxylic acids is 1. The molecule has 0 spiro atoms. The van der Waals surface area contributed by atoms with E-state index in [2.05, 4.69) is 5.32 Å². The van der Waals surface area contributed by atoms with E-state index in [1.54, 1.807) is 18.2 Å². The summed E-state index contributed by atoms with van der Waals surface area (Å²) in [5.41, 5.74) is 0. The number of furan rings is 1. The number of amides is 1. The molecular formula is C11H18N2O2. The summed E-state index contributed by atoms with van der Waals surface area (Å²) in [7, 11) is 3.63. The lowest BCUT2D eigenvalue weighted by Crippen LogP contribution is -2.35. The van der Waals surface area contributed by atoms with E-state index in [-0.39, 0.29) is 11.8 Å². The van der Waals surface area contributed by atoms with Gasteiger partial charge in [0.1, 0.15) is 5.76 Å². The third-order valence-corrected chi connectivity index (χ3v) is 2.28. The fraction of sp³-hybridized carbons (Fsp3) is 0.545. The SMILES string of the molecule is CNCC(C)C(=O)N(C)Cc1ccco1. The largest absolute Gasteiger partial charge is 0.467 e. The van der Waals surface area contributed by atoms with Crippen molar-refractivity contribution >= 4 is 5.91 Å². The summed E-state index contributed by atoms with van der Waals surface area (Å²) in [5.74, 6) is 0.929. The van der Waals surface area contributed by atoms with Crippen molar-refractivity contribution in [2.45, 2.75) is 13.5 Å². The van der Waals surface area contributed by atoms with Gasteiger partial charge < -0.3 is 14.6 Å². The lowest BCUT2D eigenvalue weighted by atomic mass is 10.1. The Hall–Kier alpha value is -1.29. The van der Waals surface area contributed by atoms with Crippen LogP contribution in [-0.4, -0.2) is 31.4 Å². The lowest BCUT2D eigenvalue weighted by Gasteiger charge is -2.20. The Balaban J connectivity index is 2.46. The highest BCUT2D eigenvalue weighted by molar-refractivity contribution is 5.78. The molecule has 1 heterocycles. The number of nitrogens with one attached hydrogen (secondary N) is 1. The van der Waals surface area contributed by atoms with Gasteiger partial charge in [-0.25, -0.2) is 0 Å². The van der Waals surface area contributed by atoms with Crippen LogP contribution >= 0.6 is 0 Å². The van der Waals surface area contributed by atoms with Crippen molar-refractivity contribution in [3.05, 3.63) is 24.2 Å². The minimum Gasteiger partial charge on any atom is -0.467 e. The maximum absolute atomic E-state index is 11.8. The smallest absolute Gasteiger partial charge is 0.226 e. The van der Waals surface area contributed by atoms with Crippen molar-refractivity contribution in [2.75, 3.05) is 20.6 Å².